The number of rotatable bonds is 5. The van der Waals surface area contributed by atoms with E-state index in [1.807, 2.05) is 13.0 Å². The largest absolute Gasteiger partial charge is 0.465 e. The maximum atomic E-state index is 12.8. The van der Waals surface area contributed by atoms with Gasteiger partial charge in [0.25, 0.3) is 11.7 Å². The number of aromatic nitrogens is 1. The van der Waals surface area contributed by atoms with Gasteiger partial charge in [0.2, 0.25) is 5.91 Å². The van der Waals surface area contributed by atoms with Gasteiger partial charge in [0, 0.05) is 23.6 Å². The molecule has 2 heterocycles. The van der Waals surface area contributed by atoms with E-state index in [4.69, 9.17) is 16.3 Å². The molecule has 2 aromatic carbocycles. The van der Waals surface area contributed by atoms with Crippen molar-refractivity contribution in [2.45, 2.75) is 19.4 Å². The van der Waals surface area contributed by atoms with E-state index in [1.54, 1.807) is 24.3 Å². The van der Waals surface area contributed by atoms with Gasteiger partial charge >= 0.3 is 5.97 Å². The lowest BCUT2D eigenvalue weighted by Crippen LogP contribution is -2.44. The number of aromatic amines is 1. The lowest BCUT2D eigenvalue weighted by Gasteiger charge is -2.18. The molecule has 8 nitrogen and oxygen atoms in total. The Morgan fingerprint density at radius 3 is 2.69 bits per heavy atom. The first kappa shape index (κ1) is 21.6. The van der Waals surface area contributed by atoms with Gasteiger partial charge in [-0.3, -0.25) is 14.4 Å². The van der Waals surface area contributed by atoms with Crippen LogP contribution in [-0.4, -0.2) is 48.2 Å². The van der Waals surface area contributed by atoms with Crippen molar-refractivity contribution in [1.29, 1.82) is 0 Å². The number of methoxy groups -OCH3 is 1. The number of esters is 1. The summed E-state index contributed by atoms with van der Waals surface area (Å²) in [4.78, 5) is 54.5. The lowest BCUT2D eigenvalue weighted by atomic mass is 10.1. The fourth-order valence-corrected chi connectivity index (χ4v) is 4.12. The Morgan fingerprint density at radius 1 is 1.19 bits per heavy atom. The van der Waals surface area contributed by atoms with Crippen LogP contribution in [0.2, 0.25) is 5.02 Å². The fourth-order valence-electron chi connectivity index (χ4n) is 3.78. The van der Waals surface area contributed by atoms with Gasteiger partial charge in [-0.25, -0.2) is 4.79 Å². The Bertz CT molecular complexity index is 1270. The van der Waals surface area contributed by atoms with Crippen LogP contribution in [0.4, 0.5) is 5.69 Å². The number of amides is 2. The number of nitrogens with zero attached hydrogens (tertiary/aromatic N) is 1. The van der Waals surface area contributed by atoms with Crippen LogP contribution in [0.3, 0.4) is 0 Å². The van der Waals surface area contributed by atoms with Crippen LogP contribution in [0.25, 0.3) is 10.9 Å². The normalized spacial score (nSPS) is 15.8. The maximum absolute atomic E-state index is 12.8. The number of anilines is 1. The number of nitrogens with one attached hydrogen (secondary N) is 2. The van der Waals surface area contributed by atoms with Crippen LogP contribution < -0.4 is 10.2 Å². The second kappa shape index (κ2) is 8.47. The Labute approximate surface area is 188 Å². The summed E-state index contributed by atoms with van der Waals surface area (Å²) in [6.45, 7) is 2.27. The highest BCUT2D eigenvalue weighted by molar-refractivity contribution is 6.45. The van der Waals surface area contributed by atoms with E-state index in [-0.39, 0.29) is 17.0 Å². The lowest BCUT2D eigenvalue weighted by molar-refractivity contribution is -0.124. The molecule has 2 N–H and O–H groups in total. The molecule has 0 radical (unpaired) electrons. The zero-order valence-electron chi connectivity index (χ0n) is 17.4. The van der Waals surface area contributed by atoms with Crippen molar-refractivity contribution in [3.05, 3.63) is 64.3 Å². The van der Waals surface area contributed by atoms with E-state index in [0.29, 0.717) is 34.6 Å². The minimum absolute atomic E-state index is 0.104. The van der Waals surface area contributed by atoms with Crippen molar-refractivity contribution >= 4 is 51.8 Å². The minimum atomic E-state index is -0.899. The van der Waals surface area contributed by atoms with Gasteiger partial charge < -0.3 is 19.9 Å². The van der Waals surface area contributed by atoms with E-state index in [9.17, 15) is 19.2 Å². The molecular weight excluding hydrogens is 434 g/mol. The maximum Gasteiger partial charge on any atom is 0.337 e. The molecule has 32 heavy (non-hydrogen) atoms. The Morgan fingerprint density at radius 2 is 1.97 bits per heavy atom. The molecular formula is C23H20ClN3O5. The van der Waals surface area contributed by atoms with E-state index in [0.717, 1.165) is 5.56 Å². The van der Waals surface area contributed by atoms with Crippen LogP contribution in [0.15, 0.2) is 42.6 Å². The van der Waals surface area contributed by atoms with Gasteiger partial charge in [-0.1, -0.05) is 17.7 Å². The third-order valence-corrected chi connectivity index (χ3v) is 5.76. The Hall–Kier alpha value is -3.65. The van der Waals surface area contributed by atoms with Crippen molar-refractivity contribution in [1.82, 2.24) is 10.3 Å². The number of ether oxygens (including phenoxy) is 1. The summed E-state index contributed by atoms with van der Waals surface area (Å²) in [7, 11) is 1.26. The fraction of sp³-hybridized carbons (Fsp3) is 0.217. The van der Waals surface area contributed by atoms with Crippen LogP contribution in [-0.2, 0) is 14.3 Å². The molecule has 0 bridgehead atoms. The topological polar surface area (TPSA) is 109 Å². The summed E-state index contributed by atoms with van der Waals surface area (Å²) < 4.78 is 4.71. The first-order valence-electron chi connectivity index (χ1n) is 9.92. The first-order chi connectivity index (χ1) is 15.3. The highest BCUT2D eigenvalue weighted by Crippen LogP contribution is 2.30. The molecule has 9 heteroatoms. The third-order valence-electron chi connectivity index (χ3n) is 5.46. The standard InChI is InChI=1S/C23H20ClN3O5/c1-12-3-6-19(16(24)9-12)27-8-7-18(22(27)30)26-21(29)20(28)15-11-25-17-5-4-13(10-14(15)17)23(31)32-2/h3-6,9-11,18,25H,7-8H2,1-2H3,(H,26,29). The number of carbonyl (C=O) groups excluding carboxylic acids is 4. The second-order valence-corrected chi connectivity index (χ2v) is 7.95. The van der Waals surface area contributed by atoms with Gasteiger partial charge in [-0.05, 0) is 49.2 Å². The number of aryl methyl sites for hydroxylation is 1. The molecule has 1 saturated heterocycles. The van der Waals surface area contributed by atoms with Gasteiger partial charge in [-0.15, -0.1) is 0 Å². The van der Waals surface area contributed by atoms with Crippen molar-refractivity contribution < 1.29 is 23.9 Å². The zero-order valence-corrected chi connectivity index (χ0v) is 18.2. The third kappa shape index (κ3) is 3.85. The van der Waals surface area contributed by atoms with Crippen LogP contribution in [0.5, 0.6) is 0 Å². The molecule has 2 amide bonds. The van der Waals surface area contributed by atoms with Gasteiger partial charge in [0.15, 0.2) is 0 Å². The van der Waals surface area contributed by atoms with E-state index in [2.05, 4.69) is 10.3 Å². The number of fused-ring (bicyclic) bond motifs is 1. The van der Waals surface area contributed by atoms with E-state index >= 15 is 0 Å². The molecule has 1 fully saturated rings. The highest BCUT2D eigenvalue weighted by atomic mass is 35.5. The van der Waals surface area contributed by atoms with Crippen molar-refractivity contribution in [2.75, 3.05) is 18.6 Å². The predicted octanol–water partition coefficient (Wildman–Crippen LogP) is 3.02. The molecule has 0 spiro atoms. The number of Topliss-reactive ketones (excluding diaryl/α,β-unsaturated/α-hetero) is 1. The quantitative estimate of drug-likeness (QED) is 0.350. The smallest absolute Gasteiger partial charge is 0.337 e. The first-order valence-corrected chi connectivity index (χ1v) is 10.3. The Kier molecular flexibility index (Phi) is 5.71. The molecule has 3 aromatic rings. The summed E-state index contributed by atoms with van der Waals surface area (Å²) in [5.41, 5.74) is 2.48. The molecule has 1 unspecified atom stereocenters. The molecule has 1 aliphatic heterocycles. The van der Waals surface area contributed by atoms with Gasteiger partial charge in [0.1, 0.15) is 6.04 Å². The molecule has 0 saturated carbocycles. The summed E-state index contributed by atoms with van der Waals surface area (Å²) in [5, 5.41) is 3.39. The van der Waals surface area contributed by atoms with E-state index < -0.39 is 23.7 Å². The van der Waals surface area contributed by atoms with E-state index in [1.165, 1.54) is 24.3 Å². The summed E-state index contributed by atoms with van der Waals surface area (Å²) >= 11 is 6.28. The van der Waals surface area contributed by atoms with Crippen molar-refractivity contribution in [3.63, 3.8) is 0 Å². The van der Waals surface area contributed by atoms with Gasteiger partial charge in [0.05, 0.1) is 28.9 Å². The number of benzene rings is 2. The van der Waals surface area contributed by atoms with Crippen molar-refractivity contribution in [3.8, 4) is 0 Å². The number of carbonyl (C=O) groups is 4. The SMILES string of the molecule is COC(=O)c1ccc2[nH]cc(C(=O)C(=O)NC3CCN(c4ccc(C)cc4Cl)C3=O)c2c1. The predicted molar refractivity (Wildman–Crippen MR) is 119 cm³/mol. The van der Waals surface area contributed by atoms with Crippen LogP contribution >= 0.6 is 11.6 Å². The molecule has 1 aliphatic rings. The molecule has 4 rings (SSSR count). The van der Waals surface area contributed by atoms with Crippen molar-refractivity contribution in [2.24, 2.45) is 0 Å². The molecule has 1 atom stereocenters. The molecule has 164 valence electrons. The minimum Gasteiger partial charge on any atom is -0.465 e. The molecule has 0 aliphatic carbocycles. The summed E-state index contributed by atoms with van der Waals surface area (Å²) in [6, 6.07) is 9.21. The summed E-state index contributed by atoms with van der Waals surface area (Å²) in [6.07, 6.45) is 1.75. The Balaban J connectivity index is 1.51. The number of ketones is 1. The highest BCUT2D eigenvalue weighted by Gasteiger charge is 2.36. The van der Waals surface area contributed by atoms with Crippen LogP contribution in [0.1, 0.15) is 32.7 Å². The van der Waals surface area contributed by atoms with Gasteiger partial charge in [-0.2, -0.15) is 0 Å². The zero-order chi connectivity index (χ0) is 23.0. The summed E-state index contributed by atoms with van der Waals surface area (Å²) in [5.74, 6) is -2.59. The molecule has 1 aromatic heterocycles. The van der Waals surface area contributed by atoms with Crippen LogP contribution in [0, 0.1) is 6.92 Å². The second-order valence-electron chi connectivity index (χ2n) is 7.54. The monoisotopic (exact) mass is 453 g/mol. The number of H-pyrrole nitrogens is 1. The number of hydrogen-bond acceptors (Lipinski definition) is 5. The number of halogens is 1. The average molecular weight is 454 g/mol. The number of hydrogen-bond donors (Lipinski definition) is 2. The average Bonchev–Trinajstić information content (AvgIpc) is 3.36.